The Kier molecular flexibility index (Phi) is 6.93. The molecule has 0 radical (unpaired) electrons. The molecule has 120 valence electrons. The normalized spacial score (nSPS) is 25.3. The number of hydrogen-bond acceptors (Lipinski definition) is 4. The fourth-order valence-electron chi connectivity index (χ4n) is 2.86. The van der Waals surface area contributed by atoms with E-state index in [9.17, 15) is 9.59 Å². The van der Waals surface area contributed by atoms with Crippen LogP contribution in [0.4, 0.5) is 0 Å². The second kappa shape index (κ2) is 8.20. The van der Waals surface area contributed by atoms with Crippen LogP contribution >= 0.6 is 0 Å². The number of carbonyl (C=O) groups is 2. The van der Waals surface area contributed by atoms with E-state index in [1.54, 1.807) is 13.8 Å². The first kappa shape index (κ1) is 17.7. The van der Waals surface area contributed by atoms with Crippen molar-refractivity contribution in [1.82, 2.24) is 0 Å². The third-order valence-corrected chi connectivity index (χ3v) is 3.98. The predicted octanol–water partition coefficient (Wildman–Crippen LogP) is 3.50. The van der Waals surface area contributed by atoms with Gasteiger partial charge in [-0.05, 0) is 44.4 Å². The maximum atomic E-state index is 11.9. The molecule has 1 rings (SSSR count). The Hall–Kier alpha value is -1.32. The summed E-state index contributed by atoms with van der Waals surface area (Å²) in [6.45, 7) is 9.81. The van der Waals surface area contributed by atoms with Crippen LogP contribution in [0.15, 0.2) is 11.6 Å². The lowest BCUT2D eigenvalue weighted by molar-refractivity contribution is -0.165. The van der Waals surface area contributed by atoms with Crippen LogP contribution < -0.4 is 0 Å². The van der Waals surface area contributed by atoms with Crippen LogP contribution in [0, 0.1) is 17.8 Å². The Morgan fingerprint density at radius 1 is 1.24 bits per heavy atom. The summed E-state index contributed by atoms with van der Waals surface area (Å²) >= 11 is 0. The number of ether oxygens (including phenoxy) is 2. The molecule has 0 spiro atoms. The summed E-state index contributed by atoms with van der Waals surface area (Å²) in [6.07, 6.45) is 4.49. The van der Waals surface area contributed by atoms with Crippen LogP contribution in [0.5, 0.6) is 0 Å². The monoisotopic (exact) mass is 296 g/mol. The van der Waals surface area contributed by atoms with Crippen LogP contribution in [0.3, 0.4) is 0 Å². The number of hydrogen-bond donors (Lipinski definition) is 0. The van der Waals surface area contributed by atoms with E-state index in [1.165, 1.54) is 12.5 Å². The number of allylic oxidation sites excluding steroid dienone is 1. The fraction of sp³-hybridized carbons (Fsp3) is 0.765. The van der Waals surface area contributed by atoms with Gasteiger partial charge in [-0.1, -0.05) is 32.8 Å². The highest BCUT2D eigenvalue weighted by molar-refractivity contribution is 5.84. The first-order valence-electron chi connectivity index (χ1n) is 7.80. The van der Waals surface area contributed by atoms with Crippen LogP contribution in [-0.2, 0) is 19.1 Å². The van der Waals surface area contributed by atoms with Crippen LogP contribution in [-0.4, -0.2) is 24.6 Å². The van der Waals surface area contributed by atoms with E-state index < -0.39 is 11.9 Å². The maximum absolute atomic E-state index is 11.9. The fourth-order valence-corrected chi connectivity index (χ4v) is 2.86. The van der Waals surface area contributed by atoms with E-state index in [0.29, 0.717) is 17.8 Å². The number of carbonyl (C=O) groups excluding carboxylic acids is 2. The molecule has 0 bridgehead atoms. The van der Waals surface area contributed by atoms with Gasteiger partial charge in [0.05, 0.1) is 0 Å². The first-order valence-corrected chi connectivity index (χ1v) is 7.80. The minimum absolute atomic E-state index is 0.0524. The van der Waals surface area contributed by atoms with Gasteiger partial charge in [0.15, 0.2) is 6.61 Å². The molecule has 0 saturated heterocycles. The lowest BCUT2D eigenvalue weighted by Crippen LogP contribution is -2.36. The molecule has 0 aromatic heterocycles. The molecule has 1 fully saturated rings. The summed E-state index contributed by atoms with van der Waals surface area (Å²) < 4.78 is 10.4. The van der Waals surface area contributed by atoms with Crippen molar-refractivity contribution < 1.29 is 19.1 Å². The summed E-state index contributed by atoms with van der Waals surface area (Å²) in [4.78, 5) is 23.2. The van der Waals surface area contributed by atoms with Crippen molar-refractivity contribution >= 4 is 11.9 Å². The average Bonchev–Trinajstić information content (AvgIpc) is 2.35. The summed E-state index contributed by atoms with van der Waals surface area (Å²) in [5.74, 6) is 0.521. The summed E-state index contributed by atoms with van der Waals surface area (Å²) in [5, 5.41) is 0. The topological polar surface area (TPSA) is 52.6 Å². The molecule has 0 N–H and O–H groups in total. The molecule has 0 amide bonds. The smallest absolute Gasteiger partial charge is 0.344 e. The molecule has 4 nitrogen and oxygen atoms in total. The highest BCUT2D eigenvalue weighted by atomic mass is 16.6. The van der Waals surface area contributed by atoms with Gasteiger partial charge in [0.1, 0.15) is 6.10 Å². The lowest BCUT2D eigenvalue weighted by Gasteiger charge is -2.36. The molecule has 0 unspecified atom stereocenters. The van der Waals surface area contributed by atoms with Gasteiger partial charge in [-0.2, -0.15) is 0 Å². The zero-order chi connectivity index (χ0) is 16.0. The SMILES string of the molecule is CC(C)=CC(=O)OCC(=O)O[C@@H]1C[C@@H](C)CC[C@@H]1C(C)C. The van der Waals surface area contributed by atoms with E-state index in [1.807, 2.05) is 0 Å². The first-order chi connectivity index (χ1) is 9.79. The summed E-state index contributed by atoms with van der Waals surface area (Å²) in [7, 11) is 0. The van der Waals surface area contributed by atoms with Crippen molar-refractivity contribution in [2.45, 2.75) is 60.0 Å². The maximum Gasteiger partial charge on any atom is 0.344 e. The quantitative estimate of drug-likeness (QED) is 0.575. The molecular formula is C17H28O4. The molecule has 0 aliphatic heterocycles. The van der Waals surface area contributed by atoms with Crippen LogP contribution in [0.25, 0.3) is 0 Å². The second-order valence-corrected chi connectivity index (χ2v) is 6.68. The number of esters is 2. The molecule has 4 heteroatoms. The van der Waals surface area contributed by atoms with Gasteiger partial charge >= 0.3 is 11.9 Å². The summed E-state index contributed by atoms with van der Waals surface area (Å²) in [6, 6.07) is 0. The Bertz CT molecular complexity index is 394. The molecule has 0 heterocycles. The molecular weight excluding hydrogens is 268 g/mol. The third kappa shape index (κ3) is 6.32. The van der Waals surface area contributed by atoms with Gasteiger partial charge in [-0.3, -0.25) is 0 Å². The molecule has 0 aromatic carbocycles. The van der Waals surface area contributed by atoms with Gasteiger partial charge in [0.25, 0.3) is 0 Å². The third-order valence-electron chi connectivity index (χ3n) is 3.98. The largest absolute Gasteiger partial charge is 0.460 e. The molecule has 0 aromatic rings. The van der Waals surface area contributed by atoms with Gasteiger partial charge in [-0.25, -0.2) is 9.59 Å². The van der Waals surface area contributed by atoms with Crippen molar-refractivity contribution in [2.24, 2.45) is 17.8 Å². The van der Waals surface area contributed by atoms with Crippen LogP contribution in [0.2, 0.25) is 0 Å². The van der Waals surface area contributed by atoms with Crippen molar-refractivity contribution in [3.8, 4) is 0 Å². The van der Waals surface area contributed by atoms with Crippen molar-refractivity contribution in [1.29, 1.82) is 0 Å². The van der Waals surface area contributed by atoms with Gasteiger partial charge in [-0.15, -0.1) is 0 Å². The zero-order valence-corrected chi connectivity index (χ0v) is 13.8. The zero-order valence-electron chi connectivity index (χ0n) is 13.8. The van der Waals surface area contributed by atoms with Gasteiger partial charge < -0.3 is 9.47 Å². The molecule has 1 aliphatic rings. The average molecular weight is 296 g/mol. The lowest BCUT2D eigenvalue weighted by atomic mass is 9.75. The standard InChI is InChI=1S/C17H28O4/c1-11(2)8-16(18)20-10-17(19)21-15-9-13(5)6-7-14(15)12(3)4/h8,12-15H,6-7,9-10H2,1-5H3/t13-,14+,15+/m0/s1. The van der Waals surface area contributed by atoms with Gasteiger partial charge in [0.2, 0.25) is 0 Å². The predicted molar refractivity (Wildman–Crippen MR) is 81.6 cm³/mol. The molecule has 1 aliphatic carbocycles. The molecule has 1 saturated carbocycles. The van der Waals surface area contributed by atoms with E-state index >= 15 is 0 Å². The highest BCUT2D eigenvalue weighted by Crippen LogP contribution is 2.35. The molecule has 21 heavy (non-hydrogen) atoms. The van der Waals surface area contributed by atoms with E-state index in [-0.39, 0.29) is 12.7 Å². The van der Waals surface area contributed by atoms with Crippen molar-refractivity contribution in [3.63, 3.8) is 0 Å². The minimum atomic E-state index is -0.496. The number of rotatable bonds is 5. The van der Waals surface area contributed by atoms with Gasteiger partial charge in [0, 0.05) is 6.08 Å². The Morgan fingerprint density at radius 3 is 2.48 bits per heavy atom. The van der Waals surface area contributed by atoms with Crippen molar-refractivity contribution in [2.75, 3.05) is 6.61 Å². The van der Waals surface area contributed by atoms with Crippen molar-refractivity contribution in [3.05, 3.63) is 11.6 Å². The molecule has 3 atom stereocenters. The highest BCUT2D eigenvalue weighted by Gasteiger charge is 2.33. The Morgan fingerprint density at radius 2 is 1.90 bits per heavy atom. The van der Waals surface area contributed by atoms with Crippen LogP contribution in [0.1, 0.15) is 53.9 Å². The Labute approximate surface area is 127 Å². The second-order valence-electron chi connectivity index (χ2n) is 6.68. The van der Waals surface area contributed by atoms with E-state index in [0.717, 1.165) is 18.4 Å². The van der Waals surface area contributed by atoms with E-state index in [4.69, 9.17) is 9.47 Å². The minimum Gasteiger partial charge on any atom is -0.460 e. The summed E-state index contributed by atoms with van der Waals surface area (Å²) in [5.41, 5.74) is 0.842. The Balaban J connectivity index is 2.47. The van der Waals surface area contributed by atoms with E-state index in [2.05, 4.69) is 20.8 Å².